The average Bonchev–Trinajstić information content (AvgIpc) is 3.15. The Kier molecular flexibility index (Phi) is 5.83. The zero-order valence-corrected chi connectivity index (χ0v) is 16.8. The van der Waals surface area contributed by atoms with Gasteiger partial charge in [-0.1, -0.05) is 25.5 Å². The number of carbonyl (C=O) groups excluding carboxylic acids is 1. The predicted octanol–water partition coefficient (Wildman–Crippen LogP) is 4.62. The molecule has 28 heavy (non-hydrogen) atoms. The lowest BCUT2D eigenvalue weighted by Gasteiger charge is -2.19. The van der Waals surface area contributed by atoms with Crippen molar-refractivity contribution in [3.8, 4) is 0 Å². The lowest BCUT2D eigenvalue weighted by atomic mass is 10.0. The first-order valence-corrected chi connectivity index (χ1v) is 9.55. The molecule has 3 rings (SSSR count). The Labute approximate surface area is 165 Å². The molecule has 0 atom stereocenters. The van der Waals surface area contributed by atoms with Gasteiger partial charge in [0.05, 0.1) is 12.8 Å². The van der Waals surface area contributed by atoms with Crippen LogP contribution in [0.15, 0.2) is 51.9 Å². The molecule has 0 saturated carbocycles. The zero-order valence-electron chi connectivity index (χ0n) is 16.8. The van der Waals surface area contributed by atoms with E-state index in [4.69, 9.17) is 4.42 Å². The lowest BCUT2D eigenvalue weighted by Crippen LogP contribution is -2.28. The van der Waals surface area contributed by atoms with Gasteiger partial charge in [0, 0.05) is 23.1 Å². The summed E-state index contributed by atoms with van der Waals surface area (Å²) in [4.78, 5) is 25.9. The number of pyridine rings is 1. The minimum Gasteiger partial charge on any atom is -0.467 e. The van der Waals surface area contributed by atoms with Crippen molar-refractivity contribution in [2.45, 2.75) is 47.1 Å². The normalized spacial score (nSPS) is 10.9. The SMILES string of the molecule is CCCc1c(C(=O)Nc2cccc(C)c2C)c(=O)cc(C)n1Cc1ccco1. The molecule has 0 spiro atoms. The number of hydrogen-bond acceptors (Lipinski definition) is 3. The summed E-state index contributed by atoms with van der Waals surface area (Å²) < 4.78 is 7.48. The van der Waals surface area contributed by atoms with E-state index in [-0.39, 0.29) is 16.9 Å². The highest BCUT2D eigenvalue weighted by Crippen LogP contribution is 2.20. The number of aryl methyl sites for hydroxylation is 2. The smallest absolute Gasteiger partial charge is 0.261 e. The highest BCUT2D eigenvalue weighted by atomic mass is 16.3. The van der Waals surface area contributed by atoms with E-state index < -0.39 is 0 Å². The summed E-state index contributed by atoms with van der Waals surface area (Å²) in [6, 6.07) is 11.0. The largest absolute Gasteiger partial charge is 0.467 e. The molecule has 1 N–H and O–H groups in total. The Morgan fingerprint density at radius 3 is 2.61 bits per heavy atom. The number of rotatable bonds is 6. The molecule has 0 unspecified atom stereocenters. The lowest BCUT2D eigenvalue weighted by molar-refractivity contribution is 0.102. The maximum Gasteiger partial charge on any atom is 0.261 e. The highest BCUT2D eigenvalue weighted by Gasteiger charge is 2.21. The minimum atomic E-state index is -0.365. The second-order valence-electron chi connectivity index (χ2n) is 7.09. The van der Waals surface area contributed by atoms with Crippen molar-refractivity contribution < 1.29 is 9.21 Å². The molecule has 146 valence electrons. The fourth-order valence-corrected chi connectivity index (χ4v) is 3.42. The van der Waals surface area contributed by atoms with Crippen LogP contribution >= 0.6 is 0 Å². The van der Waals surface area contributed by atoms with Crippen molar-refractivity contribution in [3.63, 3.8) is 0 Å². The fraction of sp³-hybridized carbons (Fsp3) is 0.304. The van der Waals surface area contributed by atoms with Gasteiger partial charge in [-0.05, 0) is 56.5 Å². The Hall–Kier alpha value is -3.08. The molecule has 2 aromatic heterocycles. The summed E-state index contributed by atoms with van der Waals surface area (Å²) >= 11 is 0. The van der Waals surface area contributed by atoms with E-state index >= 15 is 0 Å². The molecule has 0 fully saturated rings. The molecular formula is C23H26N2O3. The first-order valence-electron chi connectivity index (χ1n) is 9.55. The van der Waals surface area contributed by atoms with Gasteiger partial charge < -0.3 is 14.3 Å². The highest BCUT2D eigenvalue weighted by molar-refractivity contribution is 6.05. The molecule has 5 nitrogen and oxygen atoms in total. The van der Waals surface area contributed by atoms with Crippen LogP contribution < -0.4 is 10.7 Å². The molecule has 1 aromatic carbocycles. The molecule has 0 aliphatic carbocycles. The van der Waals surface area contributed by atoms with Gasteiger partial charge in [-0.2, -0.15) is 0 Å². The number of anilines is 1. The van der Waals surface area contributed by atoms with Crippen LogP contribution in [0, 0.1) is 20.8 Å². The average molecular weight is 378 g/mol. The number of furan rings is 1. The molecular weight excluding hydrogens is 352 g/mol. The molecule has 3 aromatic rings. The molecule has 1 amide bonds. The van der Waals surface area contributed by atoms with Crippen molar-refractivity contribution in [1.82, 2.24) is 4.57 Å². The quantitative estimate of drug-likeness (QED) is 0.681. The maximum atomic E-state index is 13.1. The number of nitrogens with one attached hydrogen (secondary N) is 1. The van der Waals surface area contributed by atoms with Gasteiger partial charge in [0.2, 0.25) is 0 Å². The van der Waals surface area contributed by atoms with Gasteiger partial charge in [0.1, 0.15) is 11.3 Å². The monoisotopic (exact) mass is 378 g/mol. The van der Waals surface area contributed by atoms with Crippen LogP contribution in [0.25, 0.3) is 0 Å². The fourth-order valence-electron chi connectivity index (χ4n) is 3.42. The molecule has 0 saturated heterocycles. The van der Waals surface area contributed by atoms with Gasteiger partial charge in [-0.3, -0.25) is 9.59 Å². The van der Waals surface area contributed by atoms with E-state index in [1.165, 1.54) is 6.07 Å². The Balaban J connectivity index is 2.07. The second-order valence-corrected chi connectivity index (χ2v) is 7.09. The molecule has 2 heterocycles. The Morgan fingerprint density at radius 1 is 1.14 bits per heavy atom. The van der Waals surface area contributed by atoms with Crippen LogP contribution in [0.2, 0.25) is 0 Å². The van der Waals surface area contributed by atoms with Gasteiger partial charge in [-0.15, -0.1) is 0 Å². The number of hydrogen-bond donors (Lipinski definition) is 1. The zero-order chi connectivity index (χ0) is 20.3. The minimum absolute atomic E-state index is 0.208. The van der Waals surface area contributed by atoms with E-state index in [1.807, 2.05) is 62.6 Å². The Bertz CT molecular complexity index is 1050. The topological polar surface area (TPSA) is 64.2 Å². The first-order chi connectivity index (χ1) is 13.4. The van der Waals surface area contributed by atoms with E-state index in [9.17, 15) is 9.59 Å². The predicted molar refractivity (Wildman–Crippen MR) is 111 cm³/mol. The third kappa shape index (κ3) is 3.93. The first kappa shape index (κ1) is 19.7. The summed E-state index contributed by atoms with van der Waals surface area (Å²) in [6.07, 6.45) is 3.08. The van der Waals surface area contributed by atoms with Gasteiger partial charge in [-0.25, -0.2) is 0 Å². The molecule has 5 heteroatoms. The Morgan fingerprint density at radius 2 is 1.93 bits per heavy atom. The van der Waals surface area contributed by atoms with Crippen molar-refractivity contribution >= 4 is 11.6 Å². The van der Waals surface area contributed by atoms with E-state index in [0.717, 1.165) is 40.4 Å². The number of benzene rings is 1. The third-order valence-corrected chi connectivity index (χ3v) is 5.09. The summed E-state index contributed by atoms with van der Waals surface area (Å²) in [7, 11) is 0. The number of amides is 1. The van der Waals surface area contributed by atoms with Crippen LogP contribution in [-0.4, -0.2) is 10.5 Å². The molecule has 0 bridgehead atoms. The number of carbonyl (C=O) groups is 1. The van der Waals surface area contributed by atoms with Crippen LogP contribution in [0.3, 0.4) is 0 Å². The van der Waals surface area contributed by atoms with Crippen LogP contribution in [0.1, 0.15) is 52.0 Å². The summed E-state index contributed by atoms with van der Waals surface area (Å²) in [6.45, 7) is 8.36. The molecule has 0 aliphatic rings. The standard InChI is InChI=1S/C23H26N2O3/c1-5-8-20-22(23(27)24-19-11-6-9-15(2)17(19)4)21(26)13-16(3)25(20)14-18-10-7-12-28-18/h6-7,9-13H,5,8,14H2,1-4H3,(H,24,27). The summed E-state index contributed by atoms with van der Waals surface area (Å²) in [5.74, 6) is 0.417. The van der Waals surface area contributed by atoms with E-state index in [1.54, 1.807) is 6.26 Å². The van der Waals surface area contributed by atoms with Crippen molar-refractivity contribution in [2.24, 2.45) is 0 Å². The van der Waals surface area contributed by atoms with Crippen LogP contribution in [0.4, 0.5) is 5.69 Å². The van der Waals surface area contributed by atoms with Gasteiger partial charge >= 0.3 is 0 Å². The van der Waals surface area contributed by atoms with Crippen molar-refractivity contribution in [2.75, 3.05) is 5.32 Å². The van der Waals surface area contributed by atoms with E-state index in [0.29, 0.717) is 13.0 Å². The summed E-state index contributed by atoms with van der Waals surface area (Å²) in [5.41, 5.74) is 4.32. The van der Waals surface area contributed by atoms with E-state index in [2.05, 4.69) is 5.32 Å². The summed E-state index contributed by atoms with van der Waals surface area (Å²) in [5, 5.41) is 2.94. The van der Waals surface area contributed by atoms with Gasteiger partial charge in [0.15, 0.2) is 5.43 Å². The van der Waals surface area contributed by atoms with Crippen LogP contribution in [0.5, 0.6) is 0 Å². The molecule has 0 radical (unpaired) electrons. The molecule has 0 aliphatic heterocycles. The number of aromatic nitrogens is 1. The third-order valence-electron chi connectivity index (χ3n) is 5.09. The van der Waals surface area contributed by atoms with Crippen LogP contribution in [-0.2, 0) is 13.0 Å². The van der Waals surface area contributed by atoms with Crippen molar-refractivity contribution in [3.05, 3.63) is 86.7 Å². The maximum absolute atomic E-state index is 13.1. The van der Waals surface area contributed by atoms with Crippen molar-refractivity contribution in [1.29, 1.82) is 0 Å². The second kappa shape index (κ2) is 8.30. The number of nitrogens with zero attached hydrogens (tertiary/aromatic N) is 1. The van der Waals surface area contributed by atoms with Gasteiger partial charge in [0.25, 0.3) is 5.91 Å².